The molecule has 102 valence electrons. The molecule has 2 heteroatoms. The molecule has 0 spiro atoms. The molecule has 0 aliphatic heterocycles. The van der Waals surface area contributed by atoms with Gasteiger partial charge in [-0.25, -0.2) is 0 Å². The minimum atomic E-state index is 0.394. The van der Waals surface area contributed by atoms with Crippen LogP contribution in [0.1, 0.15) is 50.8 Å². The Morgan fingerprint density at radius 1 is 1.17 bits per heavy atom. The monoisotopic (exact) mass is 249 g/mol. The van der Waals surface area contributed by atoms with Crippen LogP contribution in [0, 0.1) is 0 Å². The van der Waals surface area contributed by atoms with Gasteiger partial charge < -0.3 is 10.1 Å². The number of rotatable bonds is 9. The number of benzene rings is 1. The zero-order chi connectivity index (χ0) is 13.2. The Balaban J connectivity index is 2.36. The van der Waals surface area contributed by atoms with Gasteiger partial charge in [0.2, 0.25) is 0 Å². The molecule has 0 saturated carbocycles. The first-order valence-corrected chi connectivity index (χ1v) is 7.17. The molecule has 1 atom stereocenters. The van der Waals surface area contributed by atoms with Crippen LogP contribution in [-0.4, -0.2) is 19.8 Å². The van der Waals surface area contributed by atoms with Crippen LogP contribution in [0.2, 0.25) is 0 Å². The second kappa shape index (κ2) is 9.12. The third-order valence-electron chi connectivity index (χ3n) is 3.20. The maximum atomic E-state index is 5.32. The normalized spacial score (nSPS) is 12.6. The van der Waals surface area contributed by atoms with Gasteiger partial charge in [-0.3, -0.25) is 0 Å². The molecular weight excluding hydrogens is 222 g/mol. The van der Waals surface area contributed by atoms with Crippen molar-refractivity contribution in [2.24, 2.45) is 0 Å². The molecule has 0 aliphatic rings. The molecule has 2 nitrogen and oxygen atoms in total. The number of nitrogens with one attached hydrogen (secondary N) is 1. The second-order valence-electron chi connectivity index (χ2n) is 4.72. The van der Waals surface area contributed by atoms with Gasteiger partial charge in [-0.2, -0.15) is 0 Å². The van der Waals surface area contributed by atoms with E-state index in [4.69, 9.17) is 4.74 Å². The number of ether oxygens (including phenoxy) is 1. The molecule has 0 aliphatic carbocycles. The van der Waals surface area contributed by atoms with Gasteiger partial charge in [-0.05, 0) is 37.8 Å². The van der Waals surface area contributed by atoms with Crippen molar-refractivity contribution in [2.75, 3.05) is 19.8 Å². The van der Waals surface area contributed by atoms with Crippen molar-refractivity contribution < 1.29 is 4.74 Å². The molecule has 0 fully saturated rings. The van der Waals surface area contributed by atoms with Crippen LogP contribution in [0.3, 0.4) is 0 Å². The van der Waals surface area contributed by atoms with E-state index in [0.29, 0.717) is 6.04 Å². The van der Waals surface area contributed by atoms with Gasteiger partial charge in [-0.1, -0.05) is 37.6 Å². The van der Waals surface area contributed by atoms with E-state index in [1.807, 2.05) is 6.92 Å². The van der Waals surface area contributed by atoms with Gasteiger partial charge in [0.1, 0.15) is 0 Å². The van der Waals surface area contributed by atoms with E-state index in [9.17, 15) is 0 Å². The van der Waals surface area contributed by atoms with E-state index in [0.717, 1.165) is 19.8 Å². The van der Waals surface area contributed by atoms with Gasteiger partial charge in [0.25, 0.3) is 0 Å². The highest BCUT2D eigenvalue weighted by Crippen LogP contribution is 2.14. The number of hydrogen-bond acceptors (Lipinski definition) is 2. The molecule has 0 heterocycles. The molecule has 1 aromatic rings. The van der Waals surface area contributed by atoms with Crippen LogP contribution in [0.25, 0.3) is 0 Å². The smallest absolute Gasteiger partial charge is 0.0590 e. The summed E-state index contributed by atoms with van der Waals surface area (Å²) in [5.74, 6) is 0. The highest BCUT2D eigenvalue weighted by molar-refractivity contribution is 5.24. The lowest BCUT2D eigenvalue weighted by molar-refractivity contribution is 0.147. The molecule has 0 saturated heterocycles. The SMILES string of the molecule is CCCCc1ccc(C(C)NCCOCC)cc1. The van der Waals surface area contributed by atoms with Crippen molar-refractivity contribution in [3.05, 3.63) is 35.4 Å². The van der Waals surface area contributed by atoms with Crippen LogP contribution in [0.15, 0.2) is 24.3 Å². The van der Waals surface area contributed by atoms with E-state index >= 15 is 0 Å². The molecule has 1 unspecified atom stereocenters. The highest BCUT2D eigenvalue weighted by atomic mass is 16.5. The van der Waals surface area contributed by atoms with Crippen LogP contribution >= 0.6 is 0 Å². The quantitative estimate of drug-likeness (QED) is 0.674. The Kier molecular flexibility index (Phi) is 7.70. The molecule has 18 heavy (non-hydrogen) atoms. The first-order valence-electron chi connectivity index (χ1n) is 7.17. The number of aryl methyl sites for hydroxylation is 1. The summed E-state index contributed by atoms with van der Waals surface area (Å²) in [6.07, 6.45) is 3.74. The van der Waals surface area contributed by atoms with Gasteiger partial charge in [0.15, 0.2) is 0 Å². The molecule has 1 aromatic carbocycles. The van der Waals surface area contributed by atoms with Gasteiger partial charge in [0, 0.05) is 19.2 Å². The maximum absolute atomic E-state index is 5.32. The first kappa shape index (κ1) is 15.2. The number of hydrogen-bond donors (Lipinski definition) is 1. The average Bonchev–Trinajstić information content (AvgIpc) is 2.41. The summed E-state index contributed by atoms with van der Waals surface area (Å²) in [6, 6.07) is 9.38. The van der Waals surface area contributed by atoms with E-state index < -0.39 is 0 Å². The molecular formula is C16H27NO. The Morgan fingerprint density at radius 2 is 1.89 bits per heavy atom. The molecule has 1 rings (SSSR count). The lowest BCUT2D eigenvalue weighted by atomic mass is 10.0. The maximum Gasteiger partial charge on any atom is 0.0590 e. The van der Waals surface area contributed by atoms with Crippen molar-refractivity contribution in [3.8, 4) is 0 Å². The van der Waals surface area contributed by atoms with E-state index in [1.165, 1.54) is 30.4 Å². The summed E-state index contributed by atoms with van der Waals surface area (Å²) in [6.45, 7) is 8.95. The molecule has 0 amide bonds. The lowest BCUT2D eigenvalue weighted by Crippen LogP contribution is -2.23. The zero-order valence-electron chi connectivity index (χ0n) is 12.0. The summed E-state index contributed by atoms with van der Waals surface area (Å²) in [4.78, 5) is 0. The van der Waals surface area contributed by atoms with Gasteiger partial charge >= 0.3 is 0 Å². The molecule has 0 radical (unpaired) electrons. The van der Waals surface area contributed by atoms with E-state index in [1.54, 1.807) is 0 Å². The van der Waals surface area contributed by atoms with E-state index in [2.05, 4.69) is 43.4 Å². The molecule has 1 N–H and O–H groups in total. The first-order chi connectivity index (χ1) is 8.77. The Morgan fingerprint density at radius 3 is 2.50 bits per heavy atom. The standard InChI is InChI=1S/C16H27NO/c1-4-6-7-15-8-10-16(11-9-15)14(3)17-12-13-18-5-2/h8-11,14,17H,4-7,12-13H2,1-3H3. The fourth-order valence-electron chi connectivity index (χ4n) is 1.96. The van der Waals surface area contributed by atoms with Crippen molar-refractivity contribution in [1.29, 1.82) is 0 Å². The minimum absolute atomic E-state index is 0.394. The third kappa shape index (κ3) is 5.65. The zero-order valence-corrected chi connectivity index (χ0v) is 12.0. The van der Waals surface area contributed by atoms with Crippen molar-refractivity contribution in [3.63, 3.8) is 0 Å². The minimum Gasteiger partial charge on any atom is -0.380 e. The highest BCUT2D eigenvalue weighted by Gasteiger charge is 2.03. The summed E-state index contributed by atoms with van der Waals surface area (Å²) in [5, 5.41) is 3.47. The Labute approximate surface area is 112 Å². The lowest BCUT2D eigenvalue weighted by Gasteiger charge is -2.14. The summed E-state index contributed by atoms with van der Waals surface area (Å²) >= 11 is 0. The summed E-state index contributed by atoms with van der Waals surface area (Å²) in [7, 11) is 0. The van der Waals surface area contributed by atoms with Gasteiger partial charge in [0.05, 0.1) is 6.61 Å². The van der Waals surface area contributed by atoms with Gasteiger partial charge in [-0.15, -0.1) is 0 Å². The topological polar surface area (TPSA) is 21.3 Å². The largest absolute Gasteiger partial charge is 0.380 e. The van der Waals surface area contributed by atoms with Crippen LogP contribution in [-0.2, 0) is 11.2 Å². The second-order valence-corrected chi connectivity index (χ2v) is 4.72. The summed E-state index contributed by atoms with van der Waals surface area (Å²) in [5.41, 5.74) is 2.80. The van der Waals surface area contributed by atoms with E-state index in [-0.39, 0.29) is 0 Å². The number of unbranched alkanes of at least 4 members (excludes halogenated alkanes) is 1. The Bertz CT molecular complexity index is 307. The molecule has 0 aromatic heterocycles. The van der Waals surface area contributed by atoms with Crippen molar-refractivity contribution >= 4 is 0 Å². The Hall–Kier alpha value is -0.860. The van der Waals surface area contributed by atoms with Crippen molar-refractivity contribution in [1.82, 2.24) is 5.32 Å². The van der Waals surface area contributed by atoms with Crippen LogP contribution in [0.4, 0.5) is 0 Å². The molecule has 0 bridgehead atoms. The third-order valence-corrected chi connectivity index (χ3v) is 3.20. The fraction of sp³-hybridized carbons (Fsp3) is 0.625. The van der Waals surface area contributed by atoms with Crippen LogP contribution in [0.5, 0.6) is 0 Å². The predicted octanol–water partition coefficient (Wildman–Crippen LogP) is 3.72. The average molecular weight is 249 g/mol. The summed E-state index contributed by atoms with van der Waals surface area (Å²) < 4.78 is 5.32. The fourth-order valence-corrected chi connectivity index (χ4v) is 1.96. The predicted molar refractivity (Wildman–Crippen MR) is 78.0 cm³/mol. The van der Waals surface area contributed by atoms with Crippen molar-refractivity contribution in [2.45, 2.75) is 46.1 Å². The van der Waals surface area contributed by atoms with Crippen LogP contribution < -0.4 is 5.32 Å².